The van der Waals surface area contributed by atoms with Crippen LogP contribution in [-0.4, -0.2) is 21.3 Å². The van der Waals surface area contributed by atoms with E-state index < -0.39 is 5.97 Å². The van der Waals surface area contributed by atoms with E-state index in [2.05, 4.69) is 10.3 Å². The summed E-state index contributed by atoms with van der Waals surface area (Å²) in [5, 5.41) is 2.80. The van der Waals surface area contributed by atoms with Crippen molar-refractivity contribution in [2.45, 2.75) is 26.4 Å². The third-order valence-electron chi connectivity index (χ3n) is 4.24. The molecule has 0 bridgehead atoms. The second-order valence-corrected chi connectivity index (χ2v) is 6.20. The Bertz CT molecular complexity index is 991. The van der Waals surface area contributed by atoms with Crippen molar-refractivity contribution in [3.63, 3.8) is 0 Å². The third-order valence-corrected chi connectivity index (χ3v) is 4.24. The van der Waals surface area contributed by atoms with E-state index in [0.29, 0.717) is 24.1 Å². The molecular formula is C19H17N3O3. The number of fused-ring (bicyclic) bond motifs is 2. The second-order valence-electron chi connectivity index (χ2n) is 6.20. The van der Waals surface area contributed by atoms with Crippen LogP contribution in [0, 0.1) is 6.92 Å². The summed E-state index contributed by atoms with van der Waals surface area (Å²) in [5.41, 5.74) is 4.86. The first kappa shape index (κ1) is 15.4. The standard InChI is InChI=1S/C19H17N3O3/c1-12-2-6-17-20-15(10-22(17)9-12)11-25-19(24)14-3-5-16-13(8-14)4-7-18(23)21-16/h2-3,5-6,8-10H,4,7,11H2,1H3,(H,21,23). The summed E-state index contributed by atoms with van der Waals surface area (Å²) in [7, 11) is 0. The van der Waals surface area contributed by atoms with Crippen molar-refractivity contribution >= 4 is 23.2 Å². The van der Waals surface area contributed by atoms with Gasteiger partial charge in [-0.25, -0.2) is 9.78 Å². The molecule has 0 fully saturated rings. The van der Waals surface area contributed by atoms with Gasteiger partial charge in [0.05, 0.1) is 11.3 Å². The molecule has 4 rings (SSSR count). The van der Waals surface area contributed by atoms with Gasteiger partial charge in [0.1, 0.15) is 12.3 Å². The summed E-state index contributed by atoms with van der Waals surface area (Å²) < 4.78 is 7.30. The minimum absolute atomic E-state index is 0.00455. The van der Waals surface area contributed by atoms with E-state index in [1.807, 2.05) is 35.9 Å². The number of amides is 1. The predicted molar refractivity (Wildman–Crippen MR) is 92.4 cm³/mol. The largest absolute Gasteiger partial charge is 0.456 e. The van der Waals surface area contributed by atoms with Crippen LogP contribution >= 0.6 is 0 Å². The molecule has 1 N–H and O–H groups in total. The molecule has 0 saturated heterocycles. The zero-order valence-corrected chi connectivity index (χ0v) is 13.8. The lowest BCUT2D eigenvalue weighted by Gasteiger charge is -2.17. The number of hydrogen-bond acceptors (Lipinski definition) is 4. The van der Waals surface area contributed by atoms with Crippen LogP contribution in [0.3, 0.4) is 0 Å². The number of nitrogens with one attached hydrogen (secondary N) is 1. The molecule has 6 nitrogen and oxygen atoms in total. The van der Waals surface area contributed by atoms with Crippen LogP contribution in [0.2, 0.25) is 0 Å². The van der Waals surface area contributed by atoms with Crippen LogP contribution in [0.5, 0.6) is 0 Å². The van der Waals surface area contributed by atoms with Crippen LogP contribution in [0.15, 0.2) is 42.7 Å². The molecule has 1 aliphatic heterocycles. The molecule has 0 saturated carbocycles. The Morgan fingerprint density at radius 2 is 2.12 bits per heavy atom. The number of anilines is 1. The van der Waals surface area contributed by atoms with Gasteiger partial charge in [0.25, 0.3) is 0 Å². The lowest BCUT2D eigenvalue weighted by Crippen LogP contribution is -2.19. The molecule has 1 aliphatic rings. The Hall–Kier alpha value is -3.15. The molecule has 3 aromatic rings. The average Bonchev–Trinajstić information content (AvgIpc) is 3.01. The highest BCUT2D eigenvalue weighted by atomic mass is 16.5. The zero-order valence-electron chi connectivity index (χ0n) is 13.8. The summed E-state index contributed by atoms with van der Waals surface area (Å²) in [4.78, 5) is 28.1. The maximum absolute atomic E-state index is 12.3. The van der Waals surface area contributed by atoms with Crippen LogP contribution in [0.25, 0.3) is 5.65 Å². The molecule has 2 aromatic heterocycles. The number of carbonyl (C=O) groups excluding carboxylic acids is 2. The van der Waals surface area contributed by atoms with Crippen molar-refractivity contribution in [2.24, 2.45) is 0 Å². The number of imidazole rings is 1. The van der Waals surface area contributed by atoms with E-state index in [1.54, 1.807) is 18.2 Å². The molecular weight excluding hydrogens is 318 g/mol. The highest BCUT2D eigenvalue weighted by molar-refractivity contribution is 5.96. The van der Waals surface area contributed by atoms with Crippen LogP contribution in [0.4, 0.5) is 5.69 Å². The molecule has 6 heteroatoms. The number of esters is 1. The summed E-state index contributed by atoms with van der Waals surface area (Å²) in [5.74, 6) is -0.391. The van der Waals surface area contributed by atoms with Gasteiger partial charge in [0.15, 0.2) is 0 Å². The molecule has 0 spiro atoms. The summed E-state index contributed by atoms with van der Waals surface area (Å²) in [6.45, 7) is 2.13. The van der Waals surface area contributed by atoms with Gasteiger partial charge >= 0.3 is 5.97 Å². The highest BCUT2D eigenvalue weighted by Crippen LogP contribution is 2.24. The Morgan fingerprint density at radius 3 is 3.00 bits per heavy atom. The number of ether oxygens (including phenoxy) is 1. The quantitative estimate of drug-likeness (QED) is 0.747. The molecule has 0 unspecified atom stereocenters. The molecule has 126 valence electrons. The summed E-state index contributed by atoms with van der Waals surface area (Å²) in [6.07, 6.45) is 4.91. The minimum atomic E-state index is -0.395. The normalized spacial score (nSPS) is 13.4. The fourth-order valence-electron chi connectivity index (χ4n) is 2.96. The number of nitrogens with zero attached hydrogens (tertiary/aromatic N) is 2. The second kappa shape index (κ2) is 6.05. The van der Waals surface area contributed by atoms with Crippen molar-refractivity contribution < 1.29 is 14.3 Å². The lowest BCUT2D eigenvalue weighted by atomic mass is 10.0. The van der Waals surface area contributed by atoms with Gasteiger partial charge in [-0.2, -0.15) is 0 Å². The molecule has 0 atom stereocenters. The lowest BCUT2D eigenvalue weighted by molar-refractivity contribution is -0.116. The van der Waals surface area contributed by atoms with Gasteiger partial charge in [-0.1, -0.05) is 6.07 Å². The molecule has 0 aliphatic carbocycles. The van der Waals surface area contributed by atoms with E-state index in [-0.39, 0.29) is 12.5 Å². The summed E-state index contributed by atoms with van der Waals surface area (Å²) in [6, 6.07) is 9.11. The highest BCUT2D eigenvalue weighted by Gasteiger charge is 2.17. The maximum Gasteiger partial charge on any atom is 0.338 e. The van der Waals surface area contributed by atoms with Gasteiger partial charge < -0.3 is 14.5 Å². The minimum Gasteiger partial charge on any atom is -0.456 e. The Morgan fingerprint density at radius 1 is 1.24 bits per heavy atom. The molecule has 25 heavy (non-hydrogen) atoms. The van der Waals surface area contributed by atoms with Crippen LogP contribution < -0.4 is 5.32 Å². The van der Waals surface area contributed by atoms with Gasteiger partial charge in [0.2, 0.25) is 5.91 Å². The predicted octanol–water partition coefficient (Wildman–Crippen LogP) is 2.88. The van der Waals surface area contributed by atoms with Crippen molar-refractivity contribution in [3.05, 3.63) is 65.1 Å². The number of benzene rings is 1. The number of hydrogen-bond donors (Lipinski definition) is 1. The Kier molecular flexibility index (Phi) is 3.72. The van der Waals surface area contributed by atoms with Crippen molar-refractivity contribution in [2.75, 3.05) is 5.32 Å². The van der Waals surface area contributed by atoms with Gasteiger partial charge in [-0.05, 0) is 48.7 Å². The molecule has 1 amide bonds. The number of aryl methyl sites for hydroxylation is 2. The van der Waals surface area contributed by atoms with Crippen LogP contribution in [-0.2, 0) is 22.6 Å². The number of rotatable bonds is 3. The van der Waals surface area contributed by atoms with Gasteiger partial charge in [0, 0.05) is 24.5 Å². The first-order chi connectivity index (χ1) is 12.1. The van der Waals surface area contributed by atoms with Crippen molar-refractivity contribution in [3.8, 4) is 0 Å². The molecule has 3 heterocycles. The SMILES string of the molecule is Cc1ccc2nc(COC(=O)c3ccc4c(c3)CCC(=O)N4)cn2c1. The number of carbonyl (C=O) groups is 2. The zero-order chi connectivity index (χ0) is 17.4. The van der Waals surface area contributed by atoms with E-state index in [0.717, 1.165) is 22.5 Å². The number of aromatic nitrogens is 2. The van der Waals surface area contributed by atoms with E-state index >= 15 is 0 Å². The Labute approximate surface area is 144 Å². The summed E-state index contributed by atoms with van der Waals surface area (Å²) >= 11 is 0. The monoisotopic (exact) mass is 335 g/mol. The fourth-order valence-corrected chi connectivity index (χ4v) is 2.96. The third kappa shape index (κ3) is 3.10. The van der Waals surface area contributed by atoms with Crippen molar-refractivity contribution in [1.82, 2.24) is 9.38 Å². The van der Waals surface area contributed by atoms with Crippen molar-refractivity contribution in [1.29, 1.82) is 0 Å². The van der Waals surface area contributed by atoms with E-state index in [1.165, 1.54) is 0 Å². The smallest absolute Gasteiger partial charge is 0.338 e. The van der Waals surface area contributed by atoms with E-state index in [9.17, 15) is 9.59 Å². The first-order valence-electron chi connectivity index (χ1n) is 8.12. The van der Waals surface area contributed by atoms with Gasteiger partial charge in [-0.3, -0.25) is 4.79 Å². The topological polar surface area (TPSA) is 72.7 Å². The first-order valence-corrected chi connectivity index (χ1v) is 8.12. The molecule has 0 radical (unpaired) electrons. The number of pyridine rings is 1. The van der Waals surface area contributed by atoms with Crippen LogP contribution in [0.1, 0.15) is 33.6 Å². The fraction of sp³-hybridized carbons (Fsp3) is 0.211. The molecule has 1 aromatic carbocycles. The van der Waals surface area contributed by atoms with E-state index in [4.69, 9.17) is 4.74 Å². The van der Waals surface area contributed by atoms with Gasteiger partial charge in [-0.15, -0.1) is 0 Å². The Balaban J connectivity index is 1.47. The average molecular weight is 335 g/mol. The maximum atomic E-state index is 12.3.